The summed E-state index contributed by atoms with van der Waals surface area (Å²) in [4.78, 5) is 0.350. The van der Waals surface area contributed by atoms with Gasteiger partial charge < -0.3 is 0 Å². The van der Waals surface area contributed by atoms with Gasteiger partial charge in [-0.15, -0.1) is 0 Å². The second-order valence-electron chi connectivity index (χ2n) is 5.03. The maximum Gasteiger partial charge on any atom is 0.244 e. The number of rotatable bonds is 4. The smallest absolute Gasteiger partial charge is 0.207 e. The highest BCUT2D eigenvalue weighted by molar-refractivity contribution is 9.10. The van der Waals surface area contributed by atoms with Crippen LogP contribution in [0.5, 0.6) is 0 Å². The van der Waals surface area contributed by atoms with Crippen LogP contribution in [0.4, 0.5) is 0 Å². The molecular weight excluding hydrogens is 314 g/mol. The molecule has 1 aliphatic rings. The van der Waals surface area contributed by atoms with Crippen LogP contribution in [0.3, 0.4) is 0 Å². The van der Waals surface area contributed by atoms with Crippen LogP contribution in [0.15, 0.2) is 27.6 Å². The van der Waals surface area contributed by atoms with E-state index in [4.69, 9.17) is 0 Å². The average Bonchev–Trinajstić information content (AvgIpc) is 3.10. The predicted molar refractivity (Wildman–Crippen MR) is 76.0 cm³/mol. The van der Waals surface area contributed by atoms with Gasteiger partial charge in [-0.3, -0.25) is 0 Å². The quantitative estimate of drug-likeness (QED) is 0.849. The largest absolute Gasteiger partial charge is 0.244 e. The van der Waals surface area contributed by atoms with Crippen molar-refractivity contribution in [3.63, 3.8) is 0 Å². The number of benzene rings is 1. The van der Waals surface area contributed by atoms with Crippen LogP contribution in [0.1, 0.15) is 25.3 Å². The number of nitrogens with zero attached hydrogens (tertiary/aromatic N) is 1. The molecule has 0 saturated heterocycles. The van der Waals surface area contributed by atoms with Crippen molar-refractivity contribution in [1.82, 2.24) is 4.31 Å². The molecule has 1 unspecified atom stereocenters. The van der Waals surface area contributed by atoms with Crippen molar-refractivity contribution >= 4 is 26.0 Å². The van der Waals surface area contributed by atoms with Crippen LogP contribution in [0, 0.1) is 12.8 Å². The molecule has 1 aromatic rings. The van der Waals surface area contributed by atoms with E-state index in [0.717, 1.165) is 18.4 Å². The van der Waals surface area contributed by atoms with Gasteiger partial charge in [0, 0.05) is 17.6 Å². The van der Waals surface area contributed by atoms with Crippen LogP contribution in [-0.2, 0) is 10.0 Å². The summed E-state index contributed by atoms with van der Waals surface area (Å²) in [5, 5.41) is 0. The molecule has 1 aliphatic carbocycles. The van der Waals surface area contributed by atoms with E-state index in [-0.39, 0.29) is 6.04 Å². The molecule has 0 N–H and O–H groups in total. The van der Waals surface area contributed by atoms with E-state index >= 15 is 0 Å². The Bertz CT molecular complexity index is 552. The molecule has 0 radical (unpaired) electrons. The molecular formula is C13H18BrNO2S. The summed E-state index contributed by atoms with van der Waals surface area (Å²) in [5.74, 6) is 0.522. The fraction of sp³-hybridized carbons (Fsp3) is 0.538. The zero-order valence-electron chi connectivity index (χ0n) is 10.9. The van der Waals surface area contributed by atoms with E-state index < -0.39 is 10.0 Å². The molecule has 1 aromatic carbocycles. The minimum Gasteiger partial charge on any atom is -0.207 e. The maximum absolute atomic E-state index is 12.5. The molecule has 18 heavy (non-hydrogen) atoms. The third kappa shape index (κ3) is 2.63. The summed E-state index contributed by atoms with van der Waals surface area (Å²) >= 11 is 3.35. The third-order valence-corrected chi connectivity index (χ3v) is 6.54. The Morgan fingerprint density at radius 2 is 2.00 bits per heavy atom. The van der Waals surface area contributed by atoms with Gasteiger partial charge >= 0.3 is 0 Å². The molecule has 0 aliphatic heterocycles. The standard InChI is InChI=1S/C13H18BrNO2S/c1-9-4-7-13(12(14)8-9)18(16,17)15(3)10(2)11-5-6-11/h4,7-8,10-11H,5-6H2,1-3H3. The van der Waals surface area contributed by atoms with E-state index in [0.29, 0.717) is 15.3 Å². The van der Waals surface area contributed by atoms with Crippen LogP contribution in [0.2, 0.25) is 0 Å². The summed E-state index contributed by atoms with van der Waals surface area (Å²) in [6, 6.07) is 5.41. The van der Waals surface area contributed by atoms with Crippen molar-refractivity contribution in [3.05, 3.63) is 28.2 Å². The molecule has 2 rings (SSSR count). The van der Waals surface area contributed by atoms with Crippen LogP contribution >= 0.6 is 15.9 Å². The lowest BCUT2D eigenvalue weighted by Crippen LogP contribution is -2.36. The van der Waals surface area contributed by atoms with Crippen LogP contribution < -0.4 is 0 Å². The van der Waals surface area contributed by atoms with E-state index in [1.165, 1.54) is 4.31 Å². The van der Waals surface area contributed by atoms with Gasteiger partial charge in [0.1, 0.15) is 0 Å². The van der Waals surface area contributed by atoms with Crippen molar-refractivity contribution in [2.24, 2.45) is 5.92 Å². The summed E-state index contributed by atoms with van der Waals surface area (Å²) in [7, 11) is -1.73. The van der Waals surface area contributed by atoms with Crippen molar-refractivity contribution in [2.75, 3.05) is 7.05 Å². The highest BCUT2D eigenvalue weighted by atomic mass is 79.9. The Morgan fingerprint density at radius 3 is 2.50 bits per heavy atom. The Morgan fingerprint density at radius 1 is 1.39 bits per heavy atom. The normalized spacial score (nSPS) is 18.1. The van der Waals surface area contributed by atoms with Gasteiger partial charge in [0.25, 0.3) is 0 Å². The first-order valence-electron chi connectivity index (χ1n) is 6.08. The first-order chi connectivity index (χ1) is 8.34. The molecule has 0 amide bonds. The number of aryl methyl sites for hydroxylation is 1. The molecule has 5 heteroatoms. The lowest BCUT2D eigenvalue weighted by atomic mass is 10.2. The number of sulfonamides is 1. The highest BCUT2D eigenvalue weighted by Crippen LogP contribution is 2.37. The van der Waals surface area contributed by atoms with Gasteiger partial charge in [-0.2, -0.15) is 4.31 Å². The zero-order valence-corrected chi connectivity index (χ0v) is 13.3. The fourth-order valence-electron chi connectivity index (χ4n) is 2.06. The van der Waals surface area contributed by atoms with Gasteiger partial charge in [0.2, 0.25) is 10.0 Å². The SMILES string of the molecule is Cc1ccc(S(=O)(=O)N(C)C(C)C2CC2)c(Br)c1. The Balaban J connectivity index is 2.34. The molecule has 1 fully saturated rings. The van der Waals surface area contributed by atoms with Gasteiger partial charge in [0.15, 0.2) is 0 Å². The zero-order chi connectivity index (χ0) is 13.5. The fourth-order valence-corrected chi connectivity index (χ4v) is 4.64. The summed E-state index contributed by atoms with van der Waals surface area (Å²) in [5.41, 5.74) is 1.04. The van der Waals surface area contributed by atoms with Crippen molar-refractivity contribution in [1.29, 1.82) is 0 Å². The van der Waals surface area contributed by atoms with Crippen molar-refractivity contribution < 1.29 is 8.42 Å². The predicted octanol–water partition coefficient (Wildman–Crippen LogP) is 3.18. The second kappa shape index (κ2) is 4.94. The molecule has 100 valence electrons. The molecule has 1 atom stereocenters. The molecule has 0 aromatic heterocycles. The molecule has 3 nitrogen and oxygen atoms in total. The lowest BCUT2D eigenvalue weighted by Gasteiger charge is -2.24. The first kappa shape index (κ1) is 14.0. The van der Waals surface area contributed by atoms with Crippen molar-refractivity contribution in [3.8, 4) is 0 Å². The monoisotopic (exact) mass is 331 g/mol. The Hall–Kier alpha value is -0.390. The van der Waals surface area contributed by atoms with E-state index in [2.05, 4.69) is 15.9 Å². The van der Waals surface area contributed by atoms with Crippen LogP contribution in [0.25, 0.3) is 0 Å². The molecule has 0 spiro atoms. The average molecular weight is 332 g/mol. The van der Waals surface area contributed by atoms with Gasteiger partial charge in [-0.05, 0) is 66.2 Å². The van der Waals surface area contributed by atoms with Crippen LogP contribution in [-0.4, -0.2) is 25.8 Å². The first-order valence-corrected chi connectivity index (χ1v) is 8.31. The van der Waals surface area contributed by atoms with E-state index in [9.17, 15) is 8.42 Å². The summed E-state index contributed by atoms with van der Waals surface area (Å²) in [6.07, 6.45) is 2.27. The van der Waals surface area contributed by atoms with E-state index in [1.54, 1.807) is 13.1 Å². The molecule has 0 bridgehead atoms. The maximum atomic E-state index is 12.5. The number of hydrogen-bond donors (Lipinski definition) is 0. The Labute approximate surface area is 117 Å². The third-order valence-electron chi connectivity index (χ3n) is 3.62. The summed E-state index contributed by atoms with van der Waals surface area (Å²) in [6.45, 7) is 3.93. The number of halogens is 1. The Kier molecular flexibility index (Phi) is 3.85. The summed E-state index contributed by atoms with van der Waals surface area (Å²) < 4.78 is 27.2. The van der Waals surface area contributed by atoms with E-state index in [1.807, 2.05) is 26.0 Å². The minimum absolute atomic E-state index is 0.0724. The lowest BCUT2D eigenvalue weighted by molar-refractivity contribution is 0.357. The molecule has 0 heterocycles. The minimum atomic E-state index is -3.40. The highest BCUT2D eigenvalue weighted by Gasteiger charge is 2.36. The van der Waals surface area contributed by atoms with Gasteiger partial charge in [-0.1, -0.05) is 6.07 Å². The number of hydrogen-bond acceptors (Lipinski definition) is 2. The van der Waals surface area contributed by atoms with Crippen molar-refractivity contribution in [2.45, 2.75) is 37.6 Å². The topological polar surface area (TPSA) is 37.4 Å². The van der Waals surface area contributed by atoms with Gasteiger partial charge in [-0.25, -0.2) is 8.42 Å². The second-order valence-corrected chi connectivity index (χ2v) is 7.85. The molecule has 1 saturated carbocycles. The van der Waals surface area contributed by atoms with Gasteiger partial charge in [0.05, 0.1) is 4.90 Å².